The van der Waals surface area contributed by atoms with Gasteiger partial charge in [0.1, 0.15) is 0 Å². The second-order valence-electron chi connectivity index (χ2n) is 4.02. The van der Waals surface area contributed by atoms with E-state index in [0.717, 1.165) is 4.90 Å². The van der Waals surface area contributed by atoms with E-state index in [9.17, 15) is 9.59 Å². The number of Topliss-reactive ketones (excluding diaryl/α,β-unsaturated/α-hetero) is 2. The van der Waals surface area contributed by atoms with Crippen LogP contribution in [-0.2, 0) is 0 Å². The second-order valence-corrected chi connectivity index (χ2v) is 5.71. The quantitative estimate of drug-likeness (QED) is 0.461. The molecule has 0 fully saturated rings. The van der Waals surface area contributed by atoms with Gasteiger partial charge in [-0.3, -0.25) is 9.59 Å². The highest BCUT2D eigenvalue weighted by molar-refractivity contribution is 7.98. The maximum absolute atomic E-state index is 12.1. The average Bonchev–Trinajstić information content (AvgIpc) is 2.48. The maximum Gasteiger partial charge on any atom is 0.233 e. The highest BCUT2D eigenvalue weighted by Crippen LogP contribution is 2.23. The number of thioether (sulfide) groups is 1. The van der Waals surface area contributed by atoms with Crippen molar-refractivity contribution >= 4 is 46.5 Å². The van der Waals surface area contributed by atoms with Crippen LogP contribution in [0, 0.1) is 0 Å². The molecule has 0 radical (unpaired) electrons. The van der Waals surface area contributed by atoms with Crippen molar-refractivity contribution in [3.05, 3.63) is 63.6 Å². The molecule has 0 heterocycles. The smallest absolute Gasteiger partial charge is 0.233 e. The van der Waals surface area contributed by atoms with Crippen LogP contribution in [0.5, 0.6) is 0 Å². The Hall–Kier alpha value is -1.29. The summed E-state index contributed by atoms with van der Waals surface area (Å²) in [7, 11) is 0. The van der Waals surface area contributed by atoms with Crippen molar-refractivity contribution in [3.63, 3.8) is 0 Å². The molecule has 0 spiro atoms. The molecule has 0 aliphatic carbocycles. The van der Waals surface area contributed by atoms with Crippen molar-refractivity contribution in [2.45, 2.75) is 4.90 Å². The van der Waals surface area contributed by atoms with E-state index in [1.807, 2.05) is 6.26 Å². The maximum atomic E-state index is 12.1. The lowest BCUT2D eigenvalue weighted by Crippen LogP contribution is -2.14. The molecular weight excluding hydrogens is 315 g/mol. The van der Waals surface area contributed by atoms with Crippen LogP contribution in [0.25, 0.3) is 0 Å². The average molecular weight is 325 g/mol. The fourth-order valence-electron chi connectivity index (χ4n) is 1.64. The number of rotatable bonds is 4. The largest absolute Gasteiger partial charge is 0.285 e. The number of hydrogen-bond acceptors (Lipinski definition) is 3. The van der Waals surface area contributed by atoms with Crippen LogP contribution in [0.2, 0.25) is 10.0 Å². The first-order chi connectivity index (χ1) is 9.52. The van der Waals surface area contributed by atoms with Crippen LogP contribution in [0.1, 0.15) is 20.7 Å². The van der Waals surface area contributed by atoms with Crippen molar-refractivity contribution in [2.24, 2.45) is 0 Å². The monoisotopic (exact) mass is 324 g/mol. The molecule has 0 unspecified atom stereocenters. The number of carbonyl (C=O) groups is 2. The fraction of sp³-hybridized carbons (Fsp3) is 0.0667. The normalized spacial score (nSPS) is 10.3. The summed E-state index contributed by atoms with van der Waals surface area (Å²) in [6.45, 7) is 0. The fourth-order valence-corrected chi connectivity index (χ4v) is 2.35. The van der Waals surface area contributed by atoms with Gasteiger partial charge in [0.05, 0.1) is 10.0 Å². The lowest BCUT2D eigenvalue weighted by atomic mass is 10.0. The van der Waals surface area contributed by atoms with E-state index in [0.29, 0.717) is 10.6 Å². The summed E-state index contributed by atoms with van der Waals surface area (Å²) in [4.78, 5) is 25.2. The predicted molar refractivity (Wildman–Crippen MR) is 83.3 cm³/mol. The molecule has 2 rings (SSSR count). The van der Waals surface area contributed by atoms with Crippen molar-refractivity contribution in [1.29, 1.82) is 0 Å². The molecular formula is C15H10Cl2O2S. The van der Waals surface area contributed by atoms with Crippen LogP contribution in [0.4, 0.5) is 0 Å². The molecule has 5 heteroatoms. The summed E-state index contributed by atoms with van der Waals surface area (Å²) in [5.74, 6) is -1.16. The first-order valence-corrected chi connectivity index (χ1v) is 7.69. The summed E-state index contributed by atoms with van der Waals surface area (Å²) in [6, 6.07) is 11.3. The van der Waals surface area contributed by atoms with Crippen LogP contribution in [-0.4, -0.2) is 17.8 Å². The third-order valence-electron chi connectivity index (χ3n) is 2.74. The van der Waals surface area contributed by atoms with Crippen LogP contribution >= 0.6 is 35.0 Å². The van der Waals surface area contributed by atoms with E-state index in [4.69, 9.17) is 23.2 Å². The van der Waals surface area contributed by atoms with E-state index in [2.05, 4.69) is 0 Å². The van der Waals surface area contributed by atoms with Crippen LogP contribution < -0.4 is 0 Å². The van der Waals surface area contributed by atoms with E-state index in [1.165, 1.54) is 18.2 Å². The minimum Gasteiger partial charge on any atom is -0.285 e. The van der Waals surface area contributed by atoms with Crippen LogP contribution in [0.15, 0.2) is 47.4 Å². The van der Waals surface area contributed by atoms with Gasteiger partial charge >= 0.3 is 0 Å². The first kappa shape index (κ1) is 15.1. The molecule has 0 saturated carbocycles. The molecule has 0 aliphatic rings. The summed E-state index contributed by atoms with van der Waals surface area (Å²) < 4.78 is 0. The number of carbonyl (C=O) groups excluding carboxylic acids is 2. The third kappa shape index (κ3) is 3.23. The van der Waals surface area contributed by atoms with Crippen molar-refractivity contribution in [2.75, 3.05) is 6.26 Å². The lowest BCUT2D eigenvalue weighted by Gasteiger charge is -2.03. The standard InChI is InChI=1S/C15H10Cl2O2S/c1-20-11-5-2-9(3-6-11)14(18)15(19)10-4-7-12(16)13(17)8-10/h2-8H,1H3. The molecule has 2 aromatic rings. The first-order valence-electron chi connectivity index (χ1n) is 5.71. The molecule has 20 heavy (non-hydrogen) atoms. The second kappa shape index (κ2) is 6.44. The van der Waals surface area contributed by atoms with Gasteiger partial charge < -0.3 is 0 Å². The molecule has 0 aromatic heterocycles. The van der Waals surface area contributed by atoms with Crippen LogP contribution in [0.3, 0.4) is 0 Å². The topological polar surface area (TPSA) is 34.1 Å². The van der Waals surface area contributed by atoms with Gasteiger partial charge in [0, 0.05) is 16.0 Å². The Morgan fingerprint density at radius 3 is 1.95 bits per heavy atom. The summed E-state index contributed by atoms with van der Waals surface area (Å²) in [5, 5.41) is 0.600. The number of benzene rings is 2. The Labute approximate surface area is 131 Å². The van der Waals surface area contributed by atoms with E-state index in [-0.39, 0.29) is 10.6 Å². The molecule has 2 aromatic carbocycles. The Bertz CT molecular complexity index is 666. The van der Waals surface area contributed by atoms with Gasteiger partial charge in [0.2, 0.25) is 11.6 Å². The minimum atomic E-state index is -0.597. The molecule has 0 saturated heterocycles. The highest BCUT2D eigenvalue weighted by Gasteiger charge is 2.19. The zero-order valence-corrected chi connectivity index (χ0v) is 12.9. The van der Waals surface area contributed by atoms with Crippen molar-refractivity contribution < 1.29 is 9.59 Å². The van der Waals surface area contributed by atoms with E-state index in [1.54, 1.807) is 36.0 Å². The zero-order valence-electron chi connectivity index (χ0n) is 10.5. The Morgan fingerprint density at radius 2 is 1.40 bits per heavy atom. The lowest BCUT2D eigenvalue weighted by molar-refractivity contribution is 0.0817. The Morgan fingerprint density at radius 1 is 0.850 bits per heavy atom. The van der Waals surface area contributed by atoms with Crippen molar-refractivity contribution in [3.8, 4) is 0 Å². The zero-order chi connectivity index (χ0) is 14.7. The van der Waals surface area contributed by atoms with Gasteiger partial charge in [-0.15, -0.1) is 11.8 Å². The van der Waals surface area contributed by atoms with Gasteiger partial charge in [-0.1, -0.05) is 23.2 Å². The number of ketones is 2. The minimum absolute atomic E-state index is 0.235. The number of hydrogen-bond donors (Lipinski definition) is 0. The van der Waals surface area contributed by atoms with Gasteiger partial charge in [-0.2, -0.15) is 0 Å². The molecule has 0 N–H and O–H groups in total. The van der Waals surface area contributed by atoms with Crippen molar-refractivity contribution in [1.82, 2.24) is 0 Å². The Kier molecular flexibility index (Phi) is 4.86. The van der Waals surface area contributed by atoms with E-state index >= 15 is 0 Å². The molecule has 0 atom stereocenters. The Balaban J connectivity index is 2.27. The van der Waals surface area contributed by atoms with Gasteiger partial charge in [-0.25, -0.2) is 0 Å². The van der Waals surface area contributed by atoms with E-state index < -0.39 is 11.6 Å². The SMILES string of the molecule is CSc1ccc(C(=O)C(=O)c2ccc(Cl)c(Cl)c2)cc1. The molecule has 0 bridgehead atoms. The summed E-state index contributed by atoms with van der Waals surface area (Å²) in [6.07, 6.45) is 1.94. The predicted octanol–water partition coefficient (Wildman–Crippen LogP) is 4.78. The van der Waals surface area contributed by atoms with Gasteiger partial charge in [0.15, 0.2) is 0 Å². The van der Waals surface area contributed by atoms with Gasteiger partial charge in [0.25, 0.3) is 0 Å². The summed E-state index contributed by atoms with van der Waals surface area (Å²) in [5.41, 5.74) is 0.595. The van der Waals surface area contributed by atoms with Gasteiger partial charge in [-0.05, 0) is 48.7 Å². The third-order valence-corrected chi connectivity index (χ3v) is 4.22. The highest BCUT2D eigenvalue weighted by atomic mass is 35.5. The number of halogens is 2. The molecule has 102 valence electrons. The molecule has 0 aliphatic heterocycles. The molecule has 0 amide bonds. The molecule has 2 nitrogen and oxygen atoms in total. The summed E-state index contributed by atoms with van der Waals surface area (Å²) >= 11 is 13.2.